The van der Waals surface area contributed by atoms with Crippen LogP contribution >= 0.6 is 23.2 Å². The van der Waals surface area contributed by atoms with Crippen molar-refractivity contribution in [3.63, 3.8) is 0 Å². The van der Waals surface area contributed by atoms with Crippen LogP contribution in [0.3, 0.4) is 0 Å². The number of hydrogen-bond donors (Lipinski definition) is 2. The number of halogens is 3. The summed E-state index contributed by atoms with van der Waals surface area (Å²) >= 11 is 11.2. The van der Waals surface area contributed by atoms with Crippen molar-refractivity contribution in [1.82, 2.24) is 0 Å². The fourth-order valence-electron chi connectivity index (χ4n) is 1.36. The summed E-state index contributed by atoms with van der Waals surface area (Å²) in [6.07, 6.45) is -2.47. The summed E-state index contributed by atoms with van der Waals surface area (Å²) in [4.78, 5) is 2.51. The Morgan fingerprint density at radius 3 is 2.61 bits per heavy atom. The summed E-state index contributed by atoms with van der Waals surface area (Å²) in [5.74, 6) is -0.777. The molecule has 0 heterocycles. The Balaban J connectivity index is 2.83. The standard InChI is InChI=1S/C10H10Cl2FN3O2/c11-6-3-5(4-7(13)9(6)12)10(18)8(17)1-2-15-16-14/h3-4,8,10,17-18H,1-2H2. The van der Waals surface area contributed by atoms with Crippen LogP contribution in [-0.4, -0.2) is 22.9 Å². The molecule has 0 aliphatic heterocycles. The first-order chi connectivity index (χ1) is 8.47. The smallest absolute Gasteiger partial charge is 0.143 e. The molecule has 0 radical (unpaired) electrons. The summed E-state index contributed by atoms with van der Waals surface area (Å²) in [6.45, 7) is 0.0263. The molecule has 0 bridgehead atoms. The molecule has 0 aromatic heterocycles. The number of rotatable bonds is 5. The molecule has 5 nitrogen and oxygen atoms in total. The third-order valence-electron chi connectivity index (χ3n) is 2.30. The van der Waals surface area contributed by atoms with Crippen LogP contribution in [0.4, 0.5) is 4.39 Å². The summed E-state index contributed by atoms with van der Waals surface area (Å²) in [7, 11) is 0. The summed E-state index contributed by atoms with van der Waals surface area (Å²) < 4.78 is 13.3. The van der Waals surface area contributed by atoms with Gasteiger partial charge in [0.25, 0.3) is 0 Å². The molecule has 2 atom stereocenters. The lowest BCUT2D eigenvalue weighted by Crippen LogP contribution is -2.19. The zero-order chi connectivity index (χ0) is 13.7. The molecule has 1 aromatic carbocycles. The second-order valence-corrected chi connectivity index (χ2v) is 4.34. The van der Waals surface area contributed by atoms with Crippen molar-refractivity contribution in [1.29, 1.82) is 0 Å². The molecule has 1 aromatic rings. The average Bonchev–Trinajstić information content (AvgIpc) is 2.34. The minimum absolute atomic E-state index is 0.0263. The highest BCUT2D eigenvalue weighted by Crippen LogP contribution is 2.30. The Labute approximate surface area is 112 Å². The molecular weight excluding hydrogens is 284 g/mol. The third-order valence-corrected chi connectivity index (χ3v) is 3.08. The van der Waals surface area contributed by atoms with E-state index in [4.69, 9.17) is 28.7 Å². The van der Waals surface area contributed by atoms with Gasteiger partial charge in [0.05, 0.1) is 16.1 Å². The number of aliphatic hydroxyl groups is 2. The summed E-state index contributed by atoms with van der Waals surface area (Å²) in [5.41, 5.74) is 8.18. The van der Waals surface area contributed by atoms with Gasteiger partial charge in [-0.25, -0.2) is 4.39 Å². The van der Waals surface area contributed by atoms with E-state index in [0.717, 1.165) is 6.07 Å². The summed E-state index contributed by atoms with van der Waals surface area (Å²) in [6, 6.07) is 2.27. The highest BCUT2D eigenvalue weighted by molar-refractivity contribution is 6.42. The molecular formula is C10H10Cl2FN3O2. The molecule has 0 spiro atoms. The zero-order valence-electron chi connectivity index (χ0n) is 9.09. The maximum Gasteiger partial charge on any atom is 0.143 e. The van der Waals surface area contributed by atoms with Gasteiger partial charge >= 0.3 is 0 Å². The van der Waals surface area contributed by atoms with Gasteiger partial charge in [0, 0.05) is 11.5 Å². The van der Waals surface area contributed by atoms with Gasteiger partial charge in [0.15, 0.2) is 0 Å². The monoisotopic (exact) mass is 293 g/mol. The van der Waals surface area contributed by atoms with Crippen LogP contribution in [0.15, 0.2) is 17.2 Å². The van der Waals surface area contributed by atoms with Gasteiger partial charge in [0.2, 0.25) is 0 Å². The van der Waals surface area contributed by atoms with E-state index in [0.29, 0.717) is 0 Å². The molecule has 98 valence electrons. The minimum atomic E-state index is -1.33. The molecule has 2 unspecified atom stereocenters. The largest absolute Gasteiger partial charge is 0.390 e. The fourth-order valence-corrected chi connectivity index (χ4v) is 1.69. The van der Waals surface area contributed by atoms with E-state index < -0.39 is 18.0 Å². The Bertz CT molecular complexity index is 457. The second kappa shape index (κ2) is 6.78. The average molecular weight is 294 g/mol. The van der Waals surface area contributed by atoms with Crippen LogP contribution in [0.2, 0.25) is 10.0 Å². The molecule has 0 amide bonds. The van der Waals surface area contributed by atoms with E-state index in [1.54, 1.807) is 0 Å². The SMILES string of the molecule is [N-]=[N+]=NCCC(O)C(O)c1cc(F)c(Cl)c(Cl)c1. The van der Waals surface area contributed by atoms with E-state index in [2.05, 4.69) is 10.0 Å². The number of benzene rings is 1. The van der Waals surface area contributed by atoms with Crippen LogP contribution in [0.1, 0.15) is 18.1 Å². The molecule has 8 heteroatoms. The van der Waals surface area contributed by atoms with Gasteiger partial charge in [0.1, 0.15) is 11.9 Å². The maximum atomic E-state index is 13.3. The first-order valence-electron chi connectivity index (χ1n) is 4.98. The quantitative estimate of drug-likeness (QED) is 0.378. The van der Waals surface area contributed by atoms with E-state index in [9.17, 15) is 14.6 Å². The van der Waals surface area contributed by atoms with Crippen molar-refractivity contribution in [3.05, 3.63) is 44.0 Å². The first kappa shape index (κ1) is 15.0. The van der Waals surface area contributed by atoms with Crippen molar-refractivity contribution in [2.24, 2.45) is 5.11 Å². The van der Waals surface area contributed by atoms with Gasteiger partial charge in [-0.05, 0) is 29.6 Å². The maximum absolute atomic E-state index is 13.3. The number of aliphatic hydroxyl groups excluding tert-OH is 2. The molecule has 0 aliphatic carbocycles. The molecule has 0 saturated carbocycles. The van der Waals surface area contributed by atoms with Gasteiger partial charge in [-0.15, -0.1) is 0 Å². The second-order valence-electron chi connectivity index (χ2n) is 3.55. The van der Waals surface area contributed by atoms with Crippen molar-refractivity contribution in [2.75, 3.05) is 6.54 Å². The highest BCUT2D eigenvalue weighted by atomic mass is 35.5. The molecule has 18 heavy (non-hydrogen) atoms. The van der Waals surface area contributed by atoms with Crippen LogP contribution < -0.4 is 0 Å². The highest BCUT2D eigenvalue weighted by Gasteiger charge is 2.20. The van der Waals surface area contributed by atoms with E-state index in [1.165, 1.54) is 6.07 Å². The lowest BCUT2D eigenvalue weighted by Gasteiger charge is -2.18. The number of hydrogen-bond acceptors (Lipinski definition) is 3. The lowest BCUT2D eigenvalue weighted by molar-refractivity contribution is 0.0149. The molecule has 0 saturated heterocycles. The van der Waals surface area contributed by atoms with Gasteiger partial charge in [-0.2, -0.15) is 0 Å². The van der Waals surface area contributed by atoms with Gasteiger partial charge in [-0.3, -0.25) is 0 Å². The predicted octanol–water partition coefficient (Wildman–Crippen LogP) is 3.23. The minimum Gasteiger partial charge on any atom is -0.390 e. The Morgan fingerprint density at radius 1 is 1.39 bits per heavy atom. The summed E-state index contributed by atoms with van der Waals surface area (Å²) in [5, 5.41) is 22.3. The Morgan fingerprint density at radius 2 is 2.06 bits per heavy atom. The van der Waals surface area contributed by atoms with Crippen LogP contribution in [0.5, 0.6) is 0 Å². The molecule has 1 rings (SSSR count). The first-order valence-corrected chi connectivity index (χ1v) is 5.74. The van der Waals surface area contributed by atoms with E-state index in [-0.39, 0.29) is 28.6 Å². The van der Waals surface area contributed by atoms with Gasteiger partial charge < -0.3 is 10.2 Å². The van der Waals surface area contributed by atoms with Gasteiger partial charge in [-0.1, -0.05) is 28.3 Å². The van der Waals surface area contributed by atoms with Crippen LogP contribution in [0, 0.1) is 5.82 Å². The normalized spacial score (nSPS) is 13.8. The molecule has 2 N–H and O–H groups in total. The van der Waals surface area contributed by atoms with Crippen LogP contribution in [0.25, 0.3) is 10.4 Å². The molecule has 0 fully saturated rings. The van der Waals surface area contributed by atoms with Crippen LogP contribution in [-0.2, 0) is 0 Å². The van der Waals surface area contributed by atoms with Crippen molar-refractivity contribution in [2.45, 2.75) is 18.6 Å². The molecule has 0 aliphatic rings. The fraction of sp³-hybridized carbons (Fsp3) is 0.400. The topological polar surface area (TPSA) is 89.2 Å². The third kappa shape index (κ3) is 3.73. The predicted molar refractivity (Wildman–Crippen MR) is 66.0 cm³/mol. The van der Waals surface area contributed by atoms with E-state index >= 15 is 0 Å². The number of nitrogens with zero attached hydrogens (tertiary/aromatic N) is 3. The zero-order valence-corrected chi connectivity index (χ0v) is 10.6. The Hall–Kier alpha value is -1.04. The lowest BCUT2D eigenvalue weighted by atomic mass is 10.0. The van der Waals surface area contributed by atoms with E-state index in [1.807, 2.05) is 0 Å². The van der Waals surface area contributed by atoms with Crippen molar-refractivity contribution in [3.8, 4) is 0 Å². The van der Waals surface area contributed by atoms with Crippen molar-refractivity contribution >= 4 is 23.2 Å². The number of azide groups is 1. The van der Waals surface area contributed by atoms with Crippen molar-refractivity contribution < 1.29 is 14.6 Å². The Kier molecular flexibility index (Phi) is 5.65.